The van der Waals surface area contributed by atoms with E-state index in [2.05, 4.69) is 0 Å². The lowest BCUT2D eigenvalue weighted by atomic mass is 10.0. The third kappa shape index (κ3) is 2.62. The molecule has 0 saturated carbocycles. The largest absolute Gasteiger partial charge is 0.509 e. The van der Waals surface area contributed by atoms with Crippen molar-refractivity contribution < 1.29 is 28.5 Å². The minimum absolute atomic E-state index is 0.198. The summed E-state index contributed by atoms with van der Waals surface area (Å²) in [5, 5.41) is 0. The van der Waals surface area contributed by atoms with Crippen molar-refractivity contribution in [2.75, 3.05) is 0 Å². The monoisotopic (exact) mass is 244 g/mol. The van der Waals surface area contributed by atoms with Crippen molar-refractivity contribution in [1.82, 2.24) is 0 Å². The number of cyclic esters (lactones) is 4. The van der Waals surface area contributed by atoms with Gasteiger partial charge >= 0.3 is 12.3 Å². The molecule has 4 atom stereocenters. The smallest absolute Gasteiger partial charge is 0.427 e. The Morgan fingerprint density at radius 2 is 1.41 bits per heavy atom. The van der Waals surface area contributed by atoms with Crippen LogP contribution in [0.4, 0.5) is 9.59 Å². The third-order valence-electron chi connectivity index (χ3n) is 3.10. The summed E-state index contributed by atoms with van der Waals surface area (Å²) in [6.07, 6.45) is -0.286. The molecule has 2 aliphatic heterocycles. The summed E-state index contributed by atoms with van der Waals surface area (Å²) >= 11 is 0. The fourth-order valence-electron chi connectivity index (χ4n) is 2.11. The molecule has 0 bridgehead atoms. The summed E-state index contributed by atoms with van der Waals surface area (Å²) in [6, 6.07) is 0. The Hall–Kier alpha value is -1.46. The average Bonchev–Trinajstić information content (AvgIpc) is 2.78. The second-order valence-electron chi connectivity index (χ2n) is 4.28. The predicted octanol–water partition coefficient (Wildman–Crippen LogP) is 2.00. The van der Waals surface area contributed by atoms with Gasteiger partial charge in [0.1, 0.15) is 24.4 Å². The minimum atomic E-state index is -0.630. The van der Waals surface area contributed by atoms with Crippen LogP contribution in [-0.4, -0.2) is 36.7 Å². The van der Waals surface area contributed by atoms with Crippen molar-refractivity contribution in [1.29, 1.82) is 0 Å². The molecule has 17 heavy (non-hydrogen) atoms. The van der Waals surface area contributed by atoms with Crippen LogP contribution in [0.1, 0.15) is 33.1 Å². The number of rotatable bonds is 4. The molecule has 0 aliphatic carbocycles. The molecular weight excluding hydrogens is 228 g/mol. The quantitative estimate of drug-likeness (QED) is 0.704. The van der Waals surface area contributed by atoms with Crippen molar-refractivity contribution in [2.24, 2.45) is 0 Å². The van der Waals surface area contributed by atoms with Gasteiger partial charge in [0, 0.05) is 0 Å². The van der Waals surface area contributed by atoms with E-state index in [9.17, 15) is 9.59 Å². The highest BCUT2D eigenvalue weighted by molar-refractivity contribution is 5.63. The van der Waals surface area contributed by atoms with Crippen LogP contribution in [0, 0.1) is 0 Å². The Balaban J connectivity index is 1.81. The average molecular weight is 244 g/mol. The lowest BCUT2D eigenvalue weighted by Gasteiger charge is -2.16. The lowest BCUT2D eigenvalue weighted by Crippen LogP contribution is -2.26. The molecule has 6 heteroatoms. The number of carbonyl (C=O) groups is 2. The Bertz CT molecular complexity index is 315. The van der Waals surface area contributed by atoms with Gasteiger partial charge in [-0.15, -0.1) is 0 Å². The van der Waals surface area contributed by atoms with E-state index >= 15 is 0 Å². The molecule has 0 aromatic rings. The number of carbonyl (C=O) groups excluding carboxylic acids is 2. The zero-order valence-electron chi connectivity index (χ0n) is 9.88. The third-order valence-corrected chi connectivity index (χ3v) is 3.10. The van der Waals surface area contributed by atoms with Gasteiger partial charge < -0.3 is 18.9 Å². The molecule has 0 N–H and O–H groups in total. The van der Waals surface area contributed by atoms with E-state index in [1.165, 1.54) is 0 Å². The maximum atomic E-state index is 11.0. The van der Waals surface area contributed by atoms with Crippen LogP contribution in [-0.2, 0) is 18.9 Å². The maximum absolute atomic E-state index is 11.0. The van der Waals surface area contributed by atoms with Gasteiger partial charge in [-0.05, 0) is 26.2 Å². The zero-order chi connectivity index (χ0) is 12.4. The van der Waals surface area contributed by atoms with Crippen LogP contribution >= 0.6 is 0 Å². The van der Waals surface area contributed by atoms with E-state index in [4.69, 9.17) is 18.9 Å². The van der Waals surface area contributed by atoms with Crippen molar-refractivity contribution in [3.8, 4) is 0 Å². The summed E-state index contributed by atoms with van der Waals surface area (Å²) in [4.78, 5) is 21.9. The van der Waals surface area contributed by atoms with Gasteiger partial charge in [0.05, 0.1) is 0 Å². The molecule has 2 heterocycles. The van der Waals surface area contributed by atoms with E-state index in [0.717, 1.165) is 0 Å². The van der Waals surface area contributed by atoms with E-state index in [1.54, 1.807) is 6.92 Å². The normalized spacial score (nSPS) is 36.1. The topological polar surface area (TPSA) is 71.1 Å². The SMILES string of the molecule is CCC1OC(=O)OC1CCC1OC(=O)OC1C. The highest BCUT2D eigenvalue weighted by Gasteiger charge is 2.38. The van der Waals surface area contributed by atoms with Crippen molar-refractivity contribution in [2.45, 2.75) is 57.5 Å². The summed E-state index contributed by atoms with van der Waals surface area (Å²) < 4.78 is 19.9. The van der Waals surface area contributed by atoms with Gasteiger partial charge in [-0.2, -0.15) is 0 Å². The van der Waals surface area contributed by atoms with E-state index in [-0.39, 0.29) is 24.4 Å². The first-order valence-electron chi connectivity index (χ1n) is 5.84. The van der Waals surface area contributed by atoms with Crippen molar-refractivity contribution in [3.05, 3.63) is 0 Å². The van der Waals surface area contributed by atoms with Crippen molar-refractivity contribution in [3.63, 3.8) is 0 Å². The molecular formula is C11H16O6. The number of ether oxygens (including phenoxy) is 4. The molecule has 0 radical (unpaired) electrons. The van der Waals surface area contributed by atoms with E-state index in [0.29, 0.717) is 19.3 Å². The van der Waals surface area contributed by atoms with Crippen LogP contribution in [0.3, 0.4) is 0 Å². The first kappa shape index (κ1) is 12.0. The van der Waals surface area contributed by atoms with Crippen molar-refractivity contribution >= 4 is 12.3 Å². The molecule has 6 nitrogen and oxygen atoms in total. The Morgan fingerprint density at radius 1 is 0.882 bits per heavy atom. The maximum Gasteiger partial charge on any atom is 0.509 e. The second kappa shape index (κ2) is 4.81. The predicted molar refractivity (Wildman–Crippen MR) is 55.5 cm³/mol. The fraction of sp³-hybridized carbons (Fsp3) is 0.818. The minimum Gasteiger partial charge on any atom is -0.427 e. The molecule has 0 spiro atoms. The molecule has 0 amide bonds. The number of hydrogen-bond donors (Lipinski definition) is 0. The standard InChI is InChI=1S/C11H16O6/c1-3-7-9(17-11(13)15-7)5-4-8-6(2)14-10(12)16-8/h6-9H,3-5H2,1-2H3. The molecule has 2 saturated heterocycles. The van der Waals surface area contributed by atoms with Gasteiger partial charge in [-0.3, -0.25) is 0 Å². The fourth-order valence-corrected chi connectivity index (χ4v) is 2.11. The van der Waals surface area contributed by atoms with Crippen LogP contribution in [0.2, 0.25) is 0 Å². The first-order chi connectivity index (χ1) is 8.10. The van der Waals surface area contributed by atoms with E-state index in [1.807, 2.05) is 6.92 Å². The highest BCUT2D eigenvalue weighted by Crippen LogP contribution is 2.26. The van der Waals surface area contributed by atoms with Crippen LogP contribution < -0.4 is 0 Å². The van der Waals surface area contributed by atoms with Gasteiger partial charge in [0.15, 0.2) is 0 Å². The van der Waals surface area contributed by atoms with E-state index < -0.39 is 12.3 Å². The Morgan fingerprint density at radius 3 is 2.00 bits per heavy atom. The van der Waals surface area contributed by atoms with Gasteiger partial charge in [0.25, 0.3) is 0 Å². The first-order valence-corrected chi connectivity index (χ1v) is 5.84. The summed E-state index contributed by atoms with van der Waals surface area (Å²) in [6.45, 7) is 3.71. The Kier molecular flexibility index (Phi) is 3.40. The highest BCUT2D eigenvalue weighted by atomic mass is 16.8. The lowest BCUT2D eigenvalue weighted by molar-refractivity contribution is 0.0939. The molecule has 2 fully saturated rings. The second-order valence-corrected chi connectivity index (χ2v) is 4.28. The van der Waals surface area contributed by atoms with Gasteiger partial charge in [-0.1, -0.05) is 6.92 Å². The van der Waals surface area contributed by atoms with Crippen LogP contribution in [0.25, 0.3) is 0 Å². The molecule has 96 valence electrons. The molecule has 0 aromatic carbocycles. The zero-order valence-corrected chi connectivity index (χ0v) is 9.88. The van der Waals surface area contributed by atoms with Gasteiger partial charge in [-0.25, -0.2) is 9.59 Å². The molecule has 2 aliphatic rings. The summed E-state index contributed by atoms with van der Waals surface area (Å²) in [5.74, 6) is 0. The summed E-state index contributed by atoms with van der Waals surface area (Å²) in [7, 11) is 0. The molecule has 4 unspecified atom stereocenters. The Labute approximate surface area is 99.2 Å². The van der Waals surface area contributed by atoms with Crippen LogP contribution in [0.5, 0.6) is 0 Å². The summed E-state index contributed by atoms with van der Waals surface area (Å²) in [5.41, 5.74) is 0. The molecule has 2 rings (SSSR count). The van der Waals surface area contributed by atoms with Crippen LogP contribution in [0.15, 0.2) is 0 Å². The van der Waals surface area contributed by atoms with Gasteiger partial charge in [0.2, 0.25) is 0 Å². The number of hydrogen-bond acceptors (Lipinski definition) is 6. The molecule has 0 aromatic heterocycles.